The Morgan fingerprint density at radius 2 is 1.57 bits per heavy atom. The van der Waals surface area contributed by atoms with E-state index in [0.29, 0.717) is 23.0 Å². The van der Waals surface area contributed by atoms with Crippen molar-refractivity contribution in [1.82, 2.24) is 14.4 Å². The van der Waals surface area contributed by atoms with Crippen molar-refractivity contribution < 1.29 is 14.2 Å². The average Bonchev–Trinajstić information content (AvgIpc) is 3.01. The topological polar surface area (TPSA) is 57.9 Å². The van der Waals surface area contributed by atoms with E-state index in [0.717, 1.165) is 11.3 Å². The van der Waals surface area contributed by atoms with Gasteiger partial charge >= 0.3 is 0 Å². The van der Waals surface area contributed by atoms with Crippen LogP contribution >= 0.6 is 0 Å². The number of hydrogen-bond acceptors (Lipinski definition) is 5. The van der Waals surface area contributed by atoms with Crippen molar-refractivity contribution in [3.63, 3.8) is 0 Å². The Labute approximate surface area is 121 Å². The van der Waals surface area contributed by atoms with Gasteiger partial charge < -0.3 is 14.2 Å². The summed E-state index contributed by atoms with van der Waals surface area (Å²) < 4.78 is 18.0. The molecule has 1 aromatic carbocycles. The van der Waals surface area contributed by atoms with Gasteiger partial charge in [0.05, 0.1) is 27.0 Å². The molecular weight excluding hydrogens is 270 g/mol. The van der Waals surface area contributed by atoms with Gasteiger partial charge in [0.25, 0.3) is 0 Å². The van der Waals surface area contributed by atoms with Crippen LogP contribution in [0.5, 0.6) is 17.2 Å². The molecule has 0 saturated carbocycles. The first kappa shape index (κ1) is 13.2. The molecule has 0 atom stereocenters. The normalized spacial score (nSPS) is 10.6. The van der Waals surface area contributed by atoms with Crippen LogP contribution in [0.15, 0.2) is 36.8 Å². The van der Waals surface area contributed by atoms with Crippen molar-refractivity contribution in [3.05, 3.63) is 36.8 Å². The van der Waals surface area contributed by atoms with E-state index in [4.69, 9.17) is 14.2 Å². The van der Waals surface area contributed by atoms with Crippen LogP contribution in [0.2, 0.25) is 0 Å². The van der Waals surface area contributed by atoms with E-state index in [1.807, 2.05) is 28.8 Å². The number of methoxy groups -OCH3 is 3. The summed E-state index contributed by atoms with van der Waals surface area (Å²) in [6.45, 7) is 0. The number of imidazole rings is 1. The molecule has 0 N–H and O–H groups in total. The summed E-state index contributed by atoms with van der Waals surface area (Å²) in [5.41, 5.74) is 1.87. The van der Waals surface area contributed by atoms with Crippen molar-refractivity contribution in [2.45, 2.75) is 0 Å². The van der Waals surface area contributed by atoms with Crippen molar-refractivity contribution in [1.29, 1.82) is 0 Å². The van der Waals surface area contributed by atoms with Crippen LogP contribution in [-0.2, 0) is 0 Å². The highest BCUT2D eigenvalue weighted by Gasteiger charge is 2.15. The molecule has 3 aromatic rings. The molecule has 0 saturated heterocycles. The molecule has 0 fully saturated rings. The SMILES string of the molecule is COc1cc(-c2ccnc3nccn23)cc(OC)c1OC. The molecule has 0 amide bonds. The van der Waals surface area contributed by atoms with E-state index in [-0.39, 0.29) is 0 Å². The number of nitrogens with zero attached hydrogens (tertiary/aromatic N) is 3. The van der Waals surface area contributed by atoms with E-state index in [9.17, 15) is 0 Å². The fourth-order valence-corrected chi connectivity index (χ4v) is 2.30. The van der Waals surface area contributed by atoms with Crippen LogP contribution in [0.25, 0.3) is 17.0 Å². The van der Waals surface area contributed by atoms with Gasteiger partial charge in [-0.1, -0.05) is 0 Å². The zero-order valence-corrected chi connectivity index (χ0v) is 12.0. The zero-order valence-electron chi connectivity index (χ0n) is 12.0. The Hall–Kier alpha value is -2.76. The van der Waals surface area contributed by atoms with Gasteiger partial charge in [0.2, 0.25) is 11.5 Å². The number of rotatable bonds is 4. The summed E-state index contributed by atoms with van der Waals surface area (Å²) in [5.74, 6) is 2.43. The first-order valence-corrected chi connectivity index (χ1v) is 6.37. The summed E-state index contributed by atoms with van der Waals surface area (Å²) in [6, 6.07) is 5.71. The molecule has 0 radical (unpaired) electrons. The Kier molecular flexibility index (Phi) is 3.35. The van der Waals surface area contributed by atoms with Gasteiger partial charge in [-0.25, -0.2) is 9.97 Å². The third kappa shape index (κ3) is 2.14. The Bertz CT molecular complexity index is 758. The van der Waals surface area contributed by atoms with Crippen molar-refractivity contribution >= 4 is 5.78 Å². The van der Waals surface area contributed by atoms with E-state index in [2.05, 4.69) is 9.97 Å². The highest BCUT2D eigenvalue weighted by molar-refractivity contribution is 5.70. The van der Waals surface area contributed by atoms with Crippen molar-refractivity contribution in [2.75, 3.05) is 21.3 Å². The van der Waals surface area contributed by atoms with E-state index in [1.54, 1.807) is 33.7 Å². The van der Waals surface area contributed by atoms with Gasteiger partial charge in [0.1, 0.15) is 0 Å². The molecule has 2 aromatic heterocycles. The van der Waals surface area contributed by atoms with E-state index < -0.39 is 0 Å². The van der Waals surface area contributed by atoms with Crippen LogP contribution < -0.4 is 14.2 Å². The minimum Gasteiger partial charge on any atom is -0.493 e. The second-order valence-electron chi connectivity index (χ2n) is 4.34. The van der Waals surface area contributed by atoms with Gasteiger partial charge in [0, 0.05) is 24.2 Å². The van der Waals surface area contributed by atoms with Crippen molar-refractivity contribution in [3.8, 4) is 28.5 Å². The quantitative estimate of drug-likeness (QED) is 0.737. The molecule has 0 spiro atoms. The minimum atomic E-state index is 0.569. The Balaban J connectivity index is 2.25. The highest BCUT2D eigenvalue weighted by Crippen LogP contribution is 2.41. The van der Waals surface area contributed by atoms with Crippen LogP contribution in [0, 0.1) is 0 Å². The molecule has 2 heterocycles. The Morgan fingerprint density at radius 1 is 0.905 bits per heavy atom. The average molecular weight is 285 g/mol. The fraction of sp³-hybridized carbons (Fsp3) is 0.200. The molecule has 0 unspecified atom stereocenters. The zero-order chi connectivity index (χ0) is 14.8. The number of fused-ring (bicyclic) bond motifs is 1. The van der Waals surface area contributed by atoms with Gasteiger partial charge in [-0.3, -0.25) is 4.40 Å². The molecule has 0 bridgehead atoms. The van der Waals surface area contributed by atoms with Crippen LogP contribution in [0.1, 0.15) is 0 Å². The molecule has 6 heteroatoms. The second-order valence-corrected chi connectivity index (χ2v) is 4.34. The monoisotopic (exact) mass is 285 g/mol. The smallest absolute Gasteiger partial charge is 0.234 e. The van der Waals surface area contributed by atoms with Crippen LogP contribution in [0.3, 0.4) is 0 Å². The summed E-state index contributed by atoms with van der Waals surface area (Å²) >= 11 is 0. The lowest BCUT2D eigenvalue weighted by atomic mass is 10.1. The summed E-state index contributed by atoms with van der Waals surface area (Å²) in [4.78, 5) is 8.40. The molecule has 108 valence electrons. The third-order valence-electron chi connectivity index (χ3n) is 3.26. The van der Waals surface area contributed by atoms with Crippen molar-refractivity contribution in [2.24, 2.45) is 0 Å². The molecule has 6 nitrogen and oxygen atoms in total. The first-order chi connectivity index (χ1) is 10.3. The van der Waals surface area contributed by atoms with E-state index in [1.165, 1.54) is 0 Å². The maximum absolute atomic E-state index is 5.39. The predicted octanol–water partition coefficient (Wildman–Crippen LogP) is 2.42. The van der Waals surface area contributed by atoms with E-state index >= 15 is 0 Å². The minimum absolute atomic E-state index is 0.569. The first-order valence-electron chi connectivity index (χ1n) is 6.37. The third-order valence-corrected chi connectivity index (χ3v) is 3.26. The molecule has 0 aliphatic carbocycles. The number of aromatic nitrogens is 3. The molecular formula is C15H15N3O3. The van der Waals surface area contributed by atoms with Gasteiger partial charge in [-0.05, 0) is 18.2 Å². The van der Waals surface area contributed by atoms with Gasteiger partial charge in [-0.2, -0.15) is 0 Å². The predicted molar refractivity (Wildman–Crippen MR) is 78.1 cm³/mol. The maximum atomic E-state index is 5.39. The molecule has 0 aliphatic rings. The van der Waals surface area contributed by atoms with Gasteiger partial charge in [0.15, 0.2) is 11.5 Å². The lowest BCUT2D eigenvalue weighted by Crippen LogP contribution is -1.98. The molecule has 3 rings (SSSR count). The lowest BCUT2D eigenvalue weighted by molar-refractivity contribution is 0.324. The summed E-state index contributed by atoms with van der Waals surface area (Å²) in [6.07, 6.45) is 5.30. The summed E-state index contributed by atoms with van der Waals surface area (Å²) in [5, 5.41) is 0. The second kappa shape index (κ2) is 5.32. The van der Waals surface area contributed by atoms with Crippen LogP contribution in [0.4, 0.5) is 0 Å². The largest absolute Gasteiger partial charge is 0.493 e. The van der Waals surface area contributed by atoms with Crippen LogP contribution in [-0.4, -0.2) is 35.7 Å². The van der Waals surface area contributed by atoms with Gasteiger partial charge in [-0.15, -0.1) is 0 Å². The fourth-order valence-electron chi connectivity index (χ4n) is 2.30. The lowest BCUT2D eigenvalue weighted by Gasteiger charge is -2.14. The number of hydrogen-bond donors (Lipinski definition) is 0. The number of ether oxygens (including phenoxy) is 3. The maximum Gasteiger partial charge on any atom is 0.234 e. The Morgan fingerprint density at radius 3 is 2.19 bits per heavy atom. The molecule has 21 heavy (non-hydrogen) atoms. The summed E-state index contributed by atoms with van der Waals surface area (Å²) in [7, 11) is 4.78. The molecule has 0 aliphatic heterocycles. The number of benzene rings is 1. The standard InChI is InChI=1S/C15H15N3O3/c1-19-12-8-10(9-13(20-2)14(12)21-3)11-4-5-16-15-17-6-7-18(11)15/h4-9H,1-3H3. The highest BCUT2D eigenvalue weighted by atomic mass is 16.5.